The number of ketones is 2. The lowest BCUT2D eigenvalue weighted by Crippen LogP contribution is -2.15. The summed E-state index contributed by atoms with van der Waals surface area (Å²) in [5.41, 5.74) is 0.559. The summed E-state index contributed by atoms with van der Waals surface area (Å²) in [5.74, 6) is 1.02. The van der Waals surface area contributed by atoms with Crippen molar-refractivity contribution in [1.29, 1.82) is 0 Å². The highest BCUT2D eigenvalue weighted by Crippen LogP contribution is 2.32. The molecule has 0 saturated heterocycles. The molecule has 2 rings (SSSR count). The molecule has 0 saturated carbocycles. The molecule has 0 heterocycles. The van der Waals surface area contributed by atoms with E-state index >= 15 is 0 Å². The monoisotopic (exact) mass is 554 g/mol. The molecule has 6 heteroatoms. The molecular weight excluding hydrogens is 504 g/mol. The zero-order valence-electron chi connectivity index (χ0n) is 25.2. The Labute approximate surface area is 241 Å². The third-order valence-electron chi connectivity index (χ3n) is 6.64. The van der Waals surface area contributed by atoms with E-state index in [1.165, 1.54) is 0 Å². The number of benzene rings is 2. The van der Waals surface area contributed by atoms with Crippen molar-refractivity contribution >= 4 is 11.6 Å². The lowest BCUT2D eigenvalue weighted by atomic mass is 10.0. The van der Waals surface area contributed by atoms with E-state index < -0.39 is 11.6 Å². The summed E-state index contributed by atoms with van der Waals surface area (Å²) >= 11 is 0. The van der Waals surface area contributed by atoms with Gasteiger partial charge >= 0.3 is 0 Å². The number of ether oxygens (including phenoxy) is 4. The van der Waals surface area contributed by atoms with E-state index in [9.17, 15) is 9.59 Å². The molecule has 0 bridgehead atoms. The van der Waals surface area contributed by atoms with Crippen LogP contribution in [-0.4, -0.2) is 38.0 Å². The number of unbranched alkanes of at least 4 members (excludes halogenated alkanes) is 8. The summed E-state index contributed by atoms with van der Waals surface area (Å²) in [7, 11) is 0. The number of carbonyl (C=O) groups excluding carboxylic acids is 2. The molecule has 40 heavy (non-hydrogen) atoms. The number of hydrogen-bond donors (Lipinski definition) is 0. The van der Waals surface area contributed by atoms with Gasteiger partial charge in [-0.15, -0.1) is 0 Å². The summed E-state index contributed by atoms with van der Waals surface area (Å²) in [6, 6.07) is 10.0. The van der Waals surface area contributed by atoms with Crippen LogP contribution in [0.3, 0.4) is 0 Å². The molecule has 0 aromatic heterocycles. The lowest BCUT2D eigenvalue weighted by molar-refractivity contribution is 0.0816. The van der Waals surface area contributed by atoms with Crippen molar-refractivity contribution in [1.82, 2.24) is 0 Å². The highest BCUT2D eigenvalue weighted by atomic mass is 16.5. The van der Waals surface area contributed by atoms with Crippen molar-refractivity contribution in [3.8, 4) is 23.0 Å². The fraction of sp³-hybridized carbons (Fsp3) is 0.588. The largest absolute Gasteiger partial charge is 0.490 e. The minimum Gasteiger partial charge on any atom is -0.490 e. The van der Waals surface area contributed by atoms with E-state index in [4.69, 9.17) is 18.9 Å². The average molecular weight is 555 g/mol. The van der Waals surface area contributed by atoms with Crippen molar-refractivity contribution in [2.75, 3.05) is 26.4 Å². The normalized spacial score (nSPS) is 10.8. The van der Waals surface area contributed by atoms with Crippen LogP contribution in [0.25, 0.3) is 0 Å². The molecular formula is C34H50O6. The van der Waals surface area contributed by atoms with Gasteiger partial charge in [-0.1, -0.05) is 79.1 Å². The van der Waals surface area contributed by atoms with Crippen LogP contribution in [0.2, 0.25) is 0 Å². The maximum absolute atomic E-state index is 13.3. The molecule has 0 aliphatic carbocycles. The second kappa shape index (κ2) is 19.9. The second-order valence-corrected chi connectivity index (χ2v) is 10.2. The van der Waals surface area contributed by atoms with E-state index in [0.29, 0.717) is 49.4 Å². The van der Waals surface area contributed by atoms with Gasteiger partial charge in [0, 0.05) is 11.1 Å². The number of rotatable bonds is 23. The van der Waals surface area contributed by atoms with Crippen LogP contribution >= 0.6 is 0 Å². The second-order valence-electron chi connectivity index (χ2n) is 10.2. The first-order valence-electron chi connectivity index (χ1n) is 15.4. The van der Waals surface area contributed by atoms with E-state index in [1.807, 2.05) is 0 Å². The van der Waals surface area contributed by atoms with E-state index in [2.05, 4.69) is 27.7 Å². The number of carbonyl (C=O) groups is 2. The minimum atomic E-state index is -0.593. The van der Waals surface area contributed by atoms with Gasteiger partial charge in [0.25, 0.3) is 0 Å². The van der Waals surface area contributed by atoms with Gasteiger partial charge in [0.1, 0.15) is 0 Å². The summed E-state index contributed by atoms with van der Waals surface area (Å²) < 4.78 is 23.9. The molecule has 6 nitrogen and oxygen atoms in total. The molecule has 0 unspecified atom stereocenters. The molecule has 0 amide bonds. The van der Waals surface area contributed by atoms with Gasteiger partial charge in [0.15, 0.2) is 23.0 Å². The number of Topliss-reactive ketones (excluding diaryl/α,β-unsaturated/α-hetero) is 2. The Balaban J connectivity index is 2.22. The Morgan fingerprint density at radius 2 is 0.750 bits per heavy atom. The molecule has 0 aliphatic heterocycles. The summed E-state index contributed by atoms with van der Waals surface area (Å²) in [6.07, 6.45) is 12.4. The van der Waals surface area contributed by atoms with Gasteiger partial charge in [-0.3, -0.25) is 9.59 Å². The first-order valence-corrected chi connectivity index (χ1v) is 15.4. The molecule has 0 N–H and O–H groups in total. The van der Waals surface area contributed by atoms with Crippen LogP contribution in [0.1, 0.15) is 125 Å². The zero-order valence-corrected chi connectivity index (χ0v) is 25.2. The van der Waals surface area contributed by atoms with E-state index in [1.54, 1.807) is 36.4 Å². The Bertz CT molecular complexity index is 934. The van der Waals surface area contributed by atoms with Gasteiger partial charge in [-0.05, 0) is 62.1 Å². The fourth-order valence-corrected chi connectivity index (χ4v) is 4.16. The van der Waals surface area contributed by atoms with Crippen molar-refractivity contribution in [3.63, 3.8) is 0 Å². The van der Waals surface area contributed by atoms with Gasteiger partial charge in [0.2, 0.25) is 11.6 Å². The third-order valence-corrected chi connectivity index (χ3v) is 6.64. The summed E-state index contributed by atoms with van der Waals surface area (Å²) in [5, 5.41) is 0. The SMILES string of the molecule is CCCCCOc1ccc(C(=O)C(=O)c2ccc(OCCCCC)c(OCCCCC)c2)cc1OCCCCC. The number of hydrogen-bond acceptors (Lipinski definition) is 6. The molecule has 0 radical (unpaired) electrons. The van der Waals surface area contributed by atoms with Crippen LogP contribution in [-0.2, 0) is 0 Å². The first kappa shape index (κ1) is 33.2. The first-order chi connectivity index (χ1) is 19.5. The molecule has 2 aromatic rings. The maximum atomic E-state index is 13.3. The van der Waals surface area contributed by atoms with Crippen LogP contribution in [0.4, 0.5) is 0 Å². The minimum absolute atomic E-state index is 0.279. The Morgan fingerprint density at radius 1 is 0.450 bits per heavy atom. The molecule has 2 aromatic carbocycles. The van der Waals surface area contributed by atoms with Crippen LogP contribution in [0.15, 0.2) is 36.4 Å². The average Bonchev–Trinajstić information content (AvgIpc) is 2.98. The standard InChI is InChI=1S/C34H50O6/c1-5-9-13-21-37-29-19-17-27(25-31(29)39-23-15-11-7-3)33(35)34(36)28-18-20-30(38-22-14-10-6-2)32(26-28)40-24-16-12-8-4/h17-20,25-26H,5-16,21-24H2,1-4H3. The fourth-order valence-electron chi connectivity index (χ4n) is 4.16. The predicted octanol–water partition coefficient (Wildman–Crippen LogP) is 9.03. The van der Waals surface area contributed by atoms with Gasteiger partial charge < -0.3 is 18.9 Å². The van der Waals surface area contributed by atoms with Gasteiger partial charge in [-0.25, -0.2) is 0 Å². The smallest absolute Gasteiger partial charge is 0.233 e. The molecule has 0 spiro atoms. The van der Waals surface area contributed by atoms with Crippen molar-refractivity contribution in [2.24, 2.45) is 0 Å². The highest BCUT2D eigenvalue weighted by Gasteiger charge is 2.22. The van der Waals surface area contributed by atoms with Crippen LogP contribution < -0.4 is 18.9 Å². The molecule has 0 atom stereocenters. The van der Waals surface area contributed by atoms with Gasteiger partial charge in [-0.2, -0.15) is 0 Å². The zero-order chi connectivity index (χ0) is 29.0. The summed E-state index contributed by atoms with van der Waals surface area (Å²) in [4.78, 5) is 26.6. The maximum Gasteiger partial charge on any atom is 0.233 e. The van der Waals surface area contributed by atoms with Crippen molar-refractivity contribution < 1.29 is 28.5 Å². The topological polar surface area (TPSA) is 71.1 Å². The highest BCUT2D eigenvalue weighted by molar-refractivity contribution is 6.49. The summed E-state index contributed by atoms with van der Waals surface area (Å²) in [6.45, 7) is 10.8. The van der Waals surface area contributed by atoms with Crippen molar-refractivity contribution in [3.05, 3.63) is 47.5 Å². The third kappa shape index (κ3) is 11.6. The molecule has 0 aliphatic rings. The van der Waals surface area contributed by atoms with Crippen LogP contribution in [0.5, 0.6) is 23.0 Å². The van der Waals surface area contributed by atoms with E-state index in [-0.39, 0.29) is 11.1 Å². The van der Waals surface area contributed by atoms with E-state index in [0.717, 1.165) is 77.0 Å². The molecule has 0 fully saturated rings. The molecule has 222 valence electrons. The Hall–Kier alpha value is -3.02. The lowest BCUT2D eigenvalue weighted by Gasteiger charge is -2.15. The predicted molar refractivity (Wildman–Crippen MR) is 162 cm³/mol. The van der Waals surface area contributed by atoms with Gasteiger partial charge in [0.05, 0.1) is 26.4 Å². The van der Waals surface area contributed by atoms with Crippen molar-refractivity contribution in [2.45, 2.75) is 105 Å². The Morgan fingerprint density at radius 3 is 1.05 bits per heavy atom. The quantitative estimate of drug-likeness (QED) is 0.0775. The Kier molecular flexibility index (Phi) is 16.5. The van der Waals surface area contributed by atoms with Crippen LogP contribution in [0, 0.1) is 0 Å².